The molecule has 192 valence electrons. The summed E-state index contributed by atoms with van der Waals surface area (Å²) in [6.07, 6.45) is -4.50. The summed E-state index contributed by atoms with van der Waals surface area (Å²) in [6.45, 7) is -0.661. The largest absolute Gasteiger partial charge is 0.416 e. The van der Waals surface area contributed by atoms with E-state index in [1.807, 2.05) is 24.3 Å². The van der Waals surface area contributed by atoms with Crippen molar-refractivity contribution in [2.24, 2.45) is 0 Å². The first kappa shape index (κ1) is 23.8. The maximum absolute atomic E-state index is 14.0. The van der Waals surface area contributed by atoms with E-state index in [0.29, 0.717) is 22.8 Å². The van der Waals surface area contributed by atoms with E-state index in [0.717, 1.165) is 11.6 Å². The Morgan fingerprint density at radius 1 is 1.00 bits per heavy atom. The topological polar surface area (TPSA) is 105 Å². The molecule has 38 heavy (non-hydrogen) atoms. The van der Waals surface area contributed by atoms with Crippen molar-refractivity contribution >= 4 is 23.1 Å². The predicted molar refractivity (Wildman–Crippen MR) is 131 cm³/mol. The molecule has 0 fully saturated rings. The summed E-state index contributed by atoms with van der Waals surface area (Å²) in [4.78, 5) is 28.3. The molecular weight excluding hydrogens is 499 g/mol. The fraction of sp³-hybridized carbons (Fsp3) is 0.192. The average molecular weight is 519 g/mol. The number of aromatic nitrogens is 4. The molecule has 0 bridgehead atoms. The molecule has 12 heteroatoms. The molecule has 1 unspecified atom stereocenters. The molecule has 4 aromatic rings. The highest BCUT2D eigenvalue weighted by Crippen LogP contribution is 2.48. The molecule has 0 saturated heterocycles. The second-order valence-electron chi connectivity index (χ2n) is 9.00. The SMILES string of the molecule is O=C(CNCc1ccccc1C(F)(F)F)CN1C(=O)C2(Nc3ccccc3-c3nnnn32)c2ccccc21. The number of hydrogen-bond donors (Lipinski definition) is 2. The molecule has 2 aliphatic rings. The van der Waals surface area contributed by atoms with E-state index in [9.17, 15) is 22.8 Å². The molecule has 0 aliphatic carbocycles. The van der Waals surface area contributed by atoms with Crippen LogP contribution in [-0.2, 0) is 28.0 Å². The number of tetrazole rings is 1. The molecule has 6 rings (SSSR count). The number of carbonyl (C=O) groups is 2. The summed E-state index contributed by atoms with van der Waals surface area (Å²) in [5.74, 6) is -0.416. The van der Waals surface area contributed by atoms with Gasteiger partial charge in [0.05, 0.1) is 24.3 Å². The van der Waals surface area contributed by atoms with Crippen LogP contribution in [0.25, 0.3) is 11.4 Å². The standard InChI is InChI=1S/C26H20F3N7O2/c27-26(28,29)19-9-3-1-7-16(19)13-30-14-17(37)15-35-22-12-6-4-10-20(22)25(24(35)38)31-21-11-5-2-8-18(21)23-32-33-34-36(23)25/h1-12,30-31H,13-15H2. The Balaban J connectivity index is 1.25. The monoisotopic (exact) mass is 519 g/mol. The van der Waals surface area contributed by atoms with Crippen LogP contribution in [0.3, 0.4) is 0 Å². The number of hydrogen-bond acceptors (Lipinski definition) is 7. The number of fused-ring (bicyclic) bond motifs is 6. The maximum Gasteiger partial charge on any atom is 0.416 e. The fourth-order valence-electron chi connectivity index (χ4n) is 5.05. The van der Waals surface area contributed by atoms with Gasteiger partial charge in [-0.05, 0) is 40.3 Å². The first-order valence-corrected chi connectivity index (χ1v) is 11.8. The summed E-state index contributed by atoms with van der Waals surface area (Å²) < 4.78 is 41.3. The molecule has 1 atom stereocenters. The number of carbonyl (C=O) groups excluding carboxylic acids is 2. The Kier molecular flexibility index (Phi) is 5.49. The van der Waals surface area contributed by atoms with Gasteiger partial charge in [-0.25, -0.2) is 0 Å². The lowest BCUT2D eigenvalue weighted by molar-refractivity contribution is -0.138. The van der Waals surface area contributed by atoms with Crippen molar-refractivity contribution in [3.63, 3.8) is 0 Å². The van der Waals surface area contributed by atoms with Crippen LogP contribution in [-0.4, -0.2) is 45.0 Å². The molecule has 3 heterocycles. The molecule has 1 spiro atoms. The van der Waals surface area contributed by atoms with Crippen LogP contribution >= 0.6 is 0 Å². The number of rotatable bonds is 6. The number of benzene rings is 3. The lowest BCUT2D eigenvalue weighted by Gasteiger charge is -2.35. The van der Waals surface area contributed by atoms with E-state index in [1.165, 1.54) is 27.8 Å². The van der Waals surface area contributed by atoms with Gasteiger partial charge >= 0.3 is 6.18 Å². The molecular formula is C26H20F3N7O2. The molecule has 2 aliphatic heterocycles. The smallest absolute Gasteiger partial charge is 0.349 e. The van der Waals surface area contributed by atoms with Crippen LogP contribution in [0.2, 0.25) is 0 Å². The minimum Gasteiger partial charge on any atom is -0.349 e. The minimum absolute atomic E-state index is 0.0330. The van der Waals surface area contributed by atoms with E-state index >= 15 is 0 Å². The van der Waals surface area contributed by atoms with Gasteiger partial charge in [0, 0.05) is 23.4 Å². The molecule has 1 aromatic heterocycles. The summed E-state index contributed by atoms with van der Waals surface area (Å²) >= 11 is 0. The molecule has 1 amide bonds. The number of para-hydroxylation sites is 2. The number of alkyl halides is 3. The van der Waals surface area contributed by atoms with E-state index in [-0.39, 0.29) is 31.0 Å². The molecule has 2 N–H and O–H groups in total. The highest BCUT2D eigenvalue weighted by atomic mass is 19.4. The third-order valence-corrected chi connectivity index (χ3v) is 6.70. The second kappa shape index (κ2) is 8.77. The van der Waals surface area contributed by atoms with Crippen LogP contribution < -0.4 is 15.5 Å². The van der Waals surface area contributed by atoms with Crippen LogP contribution in [0, 0.1) is 0 Å². The van der Waals surface area contributed by atoms with Crippen molar-refractivity contribution in [2.75, 3.05) is 23.3 Å². The lowest BCUT2D eigenvalue weighted by atomic mass is 9.96. The zero-order chi connectivity index (χ0) is 26.5. The van der Waals surface area contributed by atoms with Crippen molar-refractivity contribution in [1.29, 1.82) is 0 Å². The Hall–Kier alpha value is -4.58. The van der Waals surface area contributed by atoms with Gasteiger partial charge in [0.15, 0.2) is 11.6 Å². The average Bonchev–Trinajstić information content (AvgIpc) is 3.49. The first-order valence-electron chi connectivity index (χ1n) is 11.8. The van der Waals surface area contributed by atoms with Crippen LogP contribution in [0.4, 0.5) is 24.5 Å². The third kappa shape index (κ3) is 3.64. The Labute approximate surface area is 214 Å². The fourth-order valence-corrected chi connectivity index (χ4v) is 5.05. The van der Waals surface area contributed by atoms with E-state index < -0.39 is 23.3 Å². The maximum atomic E-state index is 14.0. The second-order valence-corrected chi connectivity index (χ2v) is 9.00. The number of Topliss-reactive ketones (excluding diaryl/α,β-unsaturated/α-hetero) is 1. The van der Waals surface area contributed by atoms with Crippen LogP contribution in [0.1, 0.15) is 16.7 Å². The van der Waals surface area contributed by atoms with Gasteiger partial charge in [-0.3, -0.25) is 9.59 Å². The minimum atomic E-state index is -4.50. The van der Waals surface area contributed by atoms with Crippen LogP contribution in [0.15, 0.2) is 72.8 Å². The molecule has 3 aromatic carbocycles. The van der Waals surface area contributed by atoms with Gasteiger partial charge < -0.3 is 15.5 Å². The zero-order valence-corrected chi connectivity index (χ0v) is 19.7. The Bertz CT molecular complexity index is 1570. The summed E-state index contributed by atoms with van der Waals surface area (Å²) in [7, 11) is 0. The summed E-state index contributed by atoms with van der Waals surface area (Å²) in [6, 6.07) is 19.6. The number of nitrogens with zero attached hydrogens (tertiary/aromatic N) is 5. The number of ketones is 1. The van der Waals surface area contributed by atoms with Crippen molar-refractivity contribution in [2.45, 2.75) is 18.4 Å². The van der Waals surface area contributed by atoms with Gasteiger partial charge in [0.2, 0.25) is 5.66 Å². The Morgan fingerprint density at radius 3 is 2.58 bits per heavy atom. The molecule has 9 nitrogen and oxygen atoms in total. The van der Waals surface area contributed by atoms with E-state index in [2.05, 4.69) is 26.2 Å². The highest BCUT2D eigenvalue weighted by molar-refractivity contribution is 6.13. The van der Waals surface area contributed by atoms with Crippen molar-refractivity contribution in [1.82, 2.24) is 25.5 Å². The van der Waals surface area contributed by atoms with Crippen molar-refractivity contribution < 1.29 is 22.8 Å². The number of halogens is 3. The number of anilines is 2. The summed E-state index contributed by atoms with van der Waals surface area (Å²) in [5.41, 5.74) is 0.261. The van der Waals surface area contributed by atoms with Crippen LogP contribution in [0.5, 0.6) is 0 Å². The lowest BCUT2D eigenvalue weighted by Crippen LogP contribution is -2.54. The van der Waals surface area contributed by atoms with Gasteiger partial charge in [-0.2, -0.15) is 17.9 Å². The van der Waals surface area contributed by atoms with Gasteiger partial charge in [-0.1, -0.05) is 48.5 Å². The number of nitrogens with one attached hydrogen (secondary N) is 2. The zero-order valence-electron chi connectivity index (χ0n) is 19.7. The molecule has 0 radical (unpaired) electrons. The molecule has 0 saturated carbocycles. The highest BCUT2D eigenvalue weighted by Gasteiger charge is 2.57. The van der Waals surface area contributed by atoms with Crippen molar-refractivity contribution in [3.05, 3.63) is 89.5 Å². The van der Waals surface area contributed by atoms with E-state index in [1.54, 1.807) is 24.3 Å². The predicted octanol–water partition coefficient (Wildman–Crippen LogP) is 3.19. The van der Waals surface area contributed by atoms with Crippen molar-refractivity contribution in [3.8, 4) is 11.4 Å². The van der Waals surface area contributed by atoms with Gasteiger partial charge in [0.1, 0.15) is 0 Å². The summed E-state index contributed by atoms with van der Waals surface area (Å²) in [5, 5.41) is 18.1. The normalized spacial score (nSPS) is 17.7. The van der Waals surface area contributed by atoms with Gasteiger partial charge in [0.25, 0.3) is 5.91 Å². The first-order chi connectivity index (χ1) is 18.3. The third-order valence-electron chi connectivity index (χ3n) is 6.70. The number of amides is 1. The Morgan fingerprint density at radius 2 is 1.74 bits per heavy atom. The van der Waals surface area contributed by atoms with E-state index in [4.69, 9.17) is 0 Å². The van der Waals surface area contributed by atoms with Gasteiger partial charge in [-0.15, -0.1) is 5.10 Å². The quantitative estimate of drug-likeness (QED) is 0.403.